The van der Waals surface area contributed by atoms with Gasteiger partial charge in [-0.15, -0.1) is 0 Å². The summed E-state index contributed by atoms with van der Waals surface area (Å²) in [5.41, 5.74) is 0. The van der Waals surface area contributed by atoms with E-state index >= 15 is 0 Å². The molecule has 0 saturated carbocycles. The fraction of sp³-hybridized carbons (Fsp3) is 0.750. The lowest BCUT2D eigenvalue weighted by atomic mass is 10.5. The van der Waals surface area contributed by atoms with Gasteiger partial charge in [0.2, 0.25) is 0 Å². The van der Waals surface area contributed by atoms with Crippen molar-refractivity contribution in [3.63, 3.8) is 0 Å². The van der Waals surface area contributed by atoms with E-state index < -0.39 is 0 Å². The van der Waals surface area contributed by atoms with Crippen LogP contribution in [0.25, 0.3) is 0 Å². The van der Waals surface area contributed by atoms with E-state index in [1.165, 1.54) is 11.3 Å². The fourth-order valence-electron chi connectivity index (χ4n) is 0.402. The van der Waals surface area contributed by atoms with Crippen LogP contribution in [0.2, 0.25) is 0 Å². The highest BCUT2D eigenvalue weighted by atomic mass is 15.4. The van der Waals surface area contributed by atoms with Gasteiger partial charge in [0.25, 0.3) is 0 Å². The molecule has 0 fully saturated rings. The van der Waals surface area contributed by atoms with Gasteiger partial charge in [0.05, 0.1) is 0 Å². The van der Waals surface area contributed by atoms with E-state index in [-0.39, 0.29) is 0 Å². The molecule has 4 N–H and O–H groups in total. The molecule has 4 nitrogen and oxygen atoms in total. The Morgan fingerprint density at radius 2 is 2.38 bits per heavy atom. The average Bonchev–Trinajstić information content (AvgIpc) is 1.68. The van der Waals surface area contributed by atoms with Gasteiger partial charge in [0, 0.05) is 6.54 Å². The lowest BCUT2D eigenvalue weighted by Crippen LogP contribution is -2.30. The summed E-state index contributed by atoms with van der Waals surface area (Å²) < 4.78 is 0. The molecule has 0 aromatic heterocycles. The van der Waals surface area contributed by atoms with Gasteiger partial charge < -0.3 is 5.84 Å². The molecule has 0 heterocycles. The number of hydrogen-bond acceptors (Lipinski definition) is 3. The zero-order valence-corrected chi connectivity index (χ0v) is 5.04. The van der Waals surface area contributed by atoms with Crippen molar-refractivity contribution in [2.45, 2.75) is 13.3 Å². The van der Waals surface area contributed by atoms with Crippen molar-refractivity contribution in [3.8, 4) is 0 Å². The van der Waals surface area contributed by atoms with Gasteiger partial charge in [0.1, 0.15) is 6.34 Å². The smallest absolute Gasteiger partial charge is 0.125 e. The number of hydrazone groups is 1. The standard InChI is InChI=1S/C4H12N4/c1-2-3-8(6)4-7-5/h4H,2-3,5-6H2,1H3/b7-4-. The highest BCUT2D eigenvalue weighted by molar-refractivity contribution is 5.52. The molecule has 0 spiro atoms. The fourth-order valence-corrected chi connectivity index (χ4v) is 0.402. The molecule has 0 amide bonds. The van der Waals surface area contributed by atoms with Gasteiger partial charge in [-0.05, 0) is 6.42 Å². The molecular weight excluding hydrogens is 104 g/mol. The van der Waals surface area contributed by atoms with Crippen molar-refractivity contribution in [3.05, 3.63) is 0 Å². The summed E-state index contributed by atoms with van der Waals surface area (Å²) in [5, 5.41) is 4.67. The molecule has 0 aromatic carbocycles. The van der Waals surface area contributed by atoms with E-state index in [2.05, 4.69) is 5.10 Å². The lowest BCUT2D eigenvalue weighted by Gasteiger charge is -2.08. The summed E-state index contributed by atoms with van der Waals surface area (Å²) in [6, 6.07) is 0. The average molecular weight is 116 g/mol. The molecule has 0 radical (unpaired) electrons. The monoisotopic (exact) mass is 116 g/mol. The van der Waals surface area contributed by atoms with E-state index in [9.17, 15) is 0 Å². The summed E-state index contributed by atoms with van der Waals surface area (Å²) in [5.74, 6) is 10.1. The molecule has 0 bridgehead atoms. The minimum atomic E-state index is 0.792. The summed E-state index contributed by atoms with van der Waals surface area (Å²) in [7, 11) is 0. The predicted molar refractivity (Wildman–Crippen MR) is 33.9 cm³/mol. The van der Waals surface area contributed by atoms with Crippen molar-refractivity contribution >= 4 is 6.34 Å². The van der Waals surface area contributed by atoms with E-state index in [1.807, 2.05) is 6.92 Å². The molecule has 0 aliphatic rings. The minimum absolute atomic E-state index is 0.792. The van der Waals surface area contributed by atoms with Crippen LogP contribution >= 0.6 is 0 Å². The van der Waals surface area contributed by atoms with Crippen LogP contribution in [0.4, 0.5) is 0 Å². The van der Waals surface area contributed by atoms with Crippen LogP contribution < -0.4 is 11.7 Å². The molecule has 4 heteroatoms. The number of nitrogens with zero attached hydrogens (tertiary/aromatic N) is 2. The van der Waals surface area contributed by atoms with E-state index in [1.54, 1.807) is 0 Å². The second-order valence-corrected chi connectivity index (χ2v) is 1.50. The molecule has 0 aliphatic carbocycles. The Balaban J connectivity index is 3.17. The minimum Gasteiger partial charge on any atom is -0.322 e. The Bertz CT molecular complexity index is 70.4. The predicted octanol–water partition coefficient (Wildman–Crippen LogP) is -0.526. The normalized spacial score (nSPS) is 10.2. The van der Waals surface area contributed by atoms with Crippen LogP contribution in [0, 0.1) is 0 Å². The largest absolute Gasteiger partial charge is 0.322 e. The van der Waals surface area contributed by atoms with Crippen LogP contribution in [0.3, 0.4) is 0 Å². The van der Waals surface area contributed by atoms with Crippen molar-refractivity contribution in [1.82, 2.24) is 5.01 Å². The Hall–Kier alpha value is -0.770. The zero-order chi connectivity index (χ0) is 6.41. The Morgan fingerprint density at radius 1 is 1.75 bits per heavy atom. The van der Waals surface area contributed by atoms with Crippen LogP contribution in [0.5, 0.6) is 0 Å². The van der Waals surface area contributed by atoms with Gasteiger partial charge in [0.15, 0.2) is 0 Å². The lowest BCUT2D eigenvalue weighted by molar-refractivity contribution is 0.450. The molecule has 0 aliphatic heterocycles. The molecule has 0 atom stereocenters. The SMILES string of the molecule is CCCN(N)/C=N\N. The van der Waals surface area contributed by atoms with Crippen molar-refractivity contribution in [2.75, 3.05) is 6.54 Å². The molecular formula is C4H12N4. The first-order valence-electron chi connectivity index (χ1n) is 2.56. The summed E-state index contributed by atoms with van der Waals surface area (Å²) in [6.45, 7) is 2.82. The van der Waals surface area contributed by atoms with Gasteiger partial charge in [-0.1, -0.05) is 6.92 Å². The molecule has 0 unspecified atom stereocenters. The summed E-state index contributed by atoms with van der Waals surface area (Å²) in [6.07, 6.45) is 2.39. The highest BCUT2D eigenvalue weighted by Gasteiger charge is 1.84. The molecule has 8 heavy (non-hydrogen) atoms. The summed E-state index contributed by atoms with van der Waals surface area (Å²) in [4.78, 5) is 0. The first-order chi connectivity index (χ1) is 3.81. The van der Waals surface area contributed by atoms with Gasteiger partial charge in [-0.25, -0.2) is 5.84 Å². The summed E-state index contributed by atoms with van der Waals surface area (Å²) >= 11 is 0. The number of hydrogen-bond donors (Lipinski definition) is 2. The third-order valence-electron chi connectivity index (χ3n) is 0.697. The van der Waals surface area contributed by atoms with E-state index in [0.717, 1.165) is 13.0 Å². The van der Waals surface area contributed by atoms with Gasteiger partial charge >= 0.3 is 0 Å². The first kappa shape index (κ1) is 7.23. The van der Waals surface area contributed by atoms with Gasteiger partial charge in [-0.2, -0.15) is 5.10 Å². The van der Waals surface area contributed by atoms with E-state index in [4.69, 9.17) is 11.7 Å². The Morgan fingerprint density at radius 3 is 2.75 bits per heavy atom. The second kappa shape index (κ2) is 4.39. The quantitative estimate of drug-likeness (QED) is 0.225. The van der Waals surface area contributed by atoms with Crippen LogP contribution in [0.1, 0.15) is 13.3 Å². The number of hydrazine groups is 1. The maximum Gasteiger partial charge on any atom is 0.125 e. The Labute approximate surface area is 49.1 Å². The van der Waals surface area contributed by atoms with Crippen LogP contribution in [-0.2, 0) is 0 Å². The maximum atomic E-state index is 5.30. The molecule has 48 valence electrons. The first-order valence-corrected chi connectivity index (χ1v) is 2.56. The third-order valence-corrected chi connectivity index (χ3v) is 0.697. The van der Waals surface area contributed by atoms with Crippen LogP contribution in [-0.4, -0.2) is 17.9 Å². The number of rotatable bonds is 3. The van der Waals surface area contributed by atoms with Crippen LogP contribution in [0.15, 0.2) is 5.10 Å². The topological polar surface area (TPSA) is 67.6 Å². The number of nitrogens with two attached hydrogens (primary N) is 2. The van der Waals surface area contributed by atoms with Gasteiger partial charge in [-0.3, -0.25) is 5.01 Å². The van der Waals surface area contributed by atoms with Crippen molar-refractivity contribution in [1.29, 1.82) is 0 Å². The zero-order valence-electron chi connectivity index (χ0n) is 5.04. The van der Waals surface area contributed by atoms with Crippen molar-refractivity contribution in [2.24, 2.45) is 16.8 Å². The van der Waals surface area contributed by atoms with E-state index in [0.29, 0.717) is 0 Å². The second-order valence-electron chi connectivity index (χ2n) is 1.50. The maximum absolute atomic E-state index is 5.30. The highest BCUT2D eigenvalue weighted by Crippen LogP contribution is 1.75. The van der Waals surface area contributed by atoms with Crippen molar-refractivity contribution < 1.29 is 0 Å². The molecule has 0 aromatic rings. The third kappa shape index (κ3) is 3.42. The Kier molecular flexibility index (Phi) is 3.97. The molecule has 0 rings (SSSR count). The molecule has 0 saturated heterocycles.